The van der Waals surface area contributed by atoms with Gasteiger partial charge in [-0.25, -0.2) is 13.1 Å². The van der Waals surface area contributed by atoms with Gasteiger partial charge in [0.25, 0.3) is 0 Å². The minimum Gasteiger partial charge on any atom is -0.384 e. The van der Waals surface area contributed by atoms with Gasteiger partial charge in [-0.2, -0.15) is 0 Å². The van der Waals surface area contributed by atoms with Crippen LogP contribution in [0.5, 0.6) is 0 Å². The fourth-order valence-electron chi connectivity index (χ4n) is 1.35. The van der Waals surface area contributed by atoms with Gasteiger partial charge in [-0.05, 0) is 26.8 Å². The molecule has 1 aromatic heterocycles. The van der Waals surface area contributed by atoms with Crippen molar-refractivity contribution in [3.8, 4) is 0 Å². The van der Waals surface area contributed by atoms with E-state index in [1.54, 1.807) is 19.4 Å². The predicted octanol–water partition coefficient (Wildman–Crippen LogP) is 1.22. The molecule has 108 valence electrons. The monoisotopic (exact) mass is 287 g/mol. The van der Waals surface area contributed by atoms with Gasteiger partial charge in [0.15, 0.2) is 0 Å². The molecule has 0 bridgehead atoms. The zero-order chi connectivity index (χ0) is 14.5. The van der Waals surface area contributed by atoms with E-state index in [0.29, 0.717) is 12.2 Å². The average Bonchev–Trinajstić information content (AvgIpc) is 2.38. The SMILES string of the molecule is CCNc1ccncc1S(=O)(=O)NCC(C)(C)OC. The van der Waals surface area contributed by atoms with E-state index in [1.807, 2.05) is 20.8 Å². The van der Waals surface area contributed by atoms with Gasteiger partial charge in [0, 0.05) is 32.6 Å². The average molecular weight is 287 g/mol. The molecule has 0 radical (unpaired) electrons. The summed E-state index contributed by atoms with van der Waals surface area (Å²) in [6.45, 7) is 6.34. The van der Waals surface area contributed by atoms with E-state index in [-0.39, 0.29) is 11.4 Å². The highest BCUT2D eigenvalue weighted by atomic mass is 32.2. The summed E-state index contributed by atoms with van der Waals surface area (Å²) in [5, 5.41) is 3.00. The molecule has 2 N–H and O–H groups in total. The number of rotatable bonds is 7. The van der Waals surface area contributed by atoms with Crippen LogP contribution in [-0.2, 0) is 14.8 Å². The molecule has 0 aromatic carbocycles. The van der Waals surface area contributed by atoms with Crippen LogP contribution in [0.25, 0.3) is 0 Å². The Bertz CT molecular complexity index is 515. The van der Waals surface area contributed by atoms with Crippen molar-refractivity contribution in [1.29, 1.82) is 0 Å². The zero-order valence-corrected chi connectivity index (χ0v) is 12.5. The number of aromatic nitrogens is 1. The standard InChI is InChI=1S/C12H21N3O3S/c1-5-14-10-6-7-13-8-11(10)19(16,17)15-9-12(2,3)18-4/h6-8,15H,5,9H2,1-4H3,(H,13,14). The van der Waals surface area contributed by atoms with E-state index in [2.05, 4.69) is 15.0 Å². The number of pyridine rings is 1. The molecule has 7 heteroatoms. The Morgan fingerprint density at radius 2 is 2.11 bits per heavy atom. The Morgan fingerprint density at radius 3 is 2.68 bits per heavy atom. The smallest absolute Gasteiger partial charge is 0.244 e. The number of methoxy groups -OCH3 is 1. The lowest BCUT2D eigenvalue weighted by molar-refractivity contribution is 0.0276. The molecule has 0 aliphatic heterocycles. The lowest BCUT2D eigenvalue weighted by Crippen LogP contribution is -2.39. The highest BCUT2D eigenvalue weighted by molar-refractivity contribution is 7.89. The van der Waals surface area contributed by atoms with Crippen LogP contribution < -0.4 is 10.0 Å². The molecule has 0 unspecified atom stereocenters. The van der Waals surface area contributed by atoms with Crippen molar-refractivity contribution in [2.24, 2.45) is 0 Å². The van der Waals surface area contributed by atoms with Gasteiger partial charge >= 0.3 is 0 Å². The lowest BCUT2D eigenvalue weighted by Gasteiger charge is -2.23. The minimum absolute atomic E-state index is 0.142. The molecule has 0 aliphatic carbocycles. The molecule has 19 heavy (non-hydrogen) atoms. The number of hydrogen-bond acceptors (Lipinski definition) is 5. The van der Waals surface area contributed by atoms with E-state index in [9.17, 15) is 8.42 Å². The summed E-state index contributed by atoms with van der Waals surface area (Å²) in [6, 6.07) is 1.64. The molecule has 0 amide bonds. The third kappa shape index (κ3) is 4.45. The van der Waals surface area contributed by atoms with Crippen LogP contribution in [0.15, 0.2) is 23.4 Å². The molecule has 6 nitrogen and oxygen atoms in total. The molecule has 0 aliphatic rings. The molecular weight excluding hydrogens is 266 g/mol. The van der Waals surface area contributed by atoms with Crippen LogP contribution in [0.3, 0.4) is 0 Å². The molecule has 0 saturated heterocycles. The van der Waals surface area contributed by atoms with Gasteiger partial charge in [-0.3, -0.25) is 4.98 Å². The van der Waals surface area contributed by atoms with Crippen molar-refractivity contribution in [2.75, 3.05) is 25.5 Å². The molecule has 1 heterocycles. The molecule has 0 fully saturated rings. The van der Waals surface area contributed by atoms with E-state index in [1.165, 1.54) is 6.20 Å². The van der Waals surface area contributed by atoms with Crippen LogP contribution in [-0.4, -0.2) is 39.2 Å². The fourth-order valence-corrected chi connectivity index (χ4v) is 2.67. The number of ether oxygens (including phenoxy) is 1. The van der Waals surface area contributed by atoms with Gasteiger partial charge in [0.1, 0.15) is 4.90 Å². The highest BCUT2D eigenvalue weighted by Crippen LogP contribution is 2.19. The van der Waals surface area contributed by atoms with Gasteiger partial charge in [-0.1, -0.05) is 0 Å². The number of nitrogens with zero attached hydrogens (tertiary/aromatic N) is 1. The summed E-state index contributed by atoms with van der Waals surface area (Å²) >= 11 is 0. The van der Waals surface area contributed by atoms with Crippen LogP contribution in [0.2, 0.25) is 0 Å². The van der Waals surface area contributed by atoms with Crippen molar-refractivity contribution < 1.29 is 13.2 Å². The number of anilines is 1. The molecule has 0 spiro atoms. The van der Waals surface area contributed by atoms with Crippen molar-refractivity contribution in [2.45, 2.75) is 31.3 Å². The van der Waals surface area contributed by atoms with E-state index < -0.39 is 15.6 Å². The molecule has 0 saturated carbocycles. The van der Waals surface area contributed by atoms with Gasteiger partial charge < -0.3 is 10.1 Å². The molecule has 1 rings (SSSR count). The van der Waals surface area contributed by atoms with E-state index in [0.717, 1.165) is 0 Å². The largest absolute Gasteiger partial charge is 0.384 e. The first-order chi connectivity index (χ1) is 8.82. The fraction of sp³-hybridized carbons (Fsp3) is 0.583. The Kier molecular flexibility index (Phi) is 5.28. The van der Waals surface area contributed by atoms with Crippen molar-refractivity contribution in [1.82, 2.24) is 9.71 Å². The highest BCUT2D eigenvalue weighted by Gasteiger charge is 2.23. The zero-order valence-electron chi connectivity index (χ0n) is 11.7. The van der Waals surface area contributed by atoms with Crippen LogP contribution in [0.4, 0.5) is 5.69 Å². The number of hydrogen-bond donors (Lipinski definition) is 2. The Hall–Kier alpha value is -1.18. The summed E-state index contributed by atoms with van der Waals surface area (Å²) < 4.78 is 32.2. The maximum Gasteiger partial charge on any atom is 0.244 e. The first-order valence-corrected chi connectivity index (χ1v) is 7.53. The molecule has 0 atom stereocenters. The lowest BCUT2D eigenvalue weighted by atomic mass is 10.1. The minimum atomic E-state index is -3.61. The number of sulfonamides is 1. The van der Waals surface area contributed by atoms with E-state index in [4.69, 9.17) is 4.74 Å². The van der Waals surface area contributed by atoms with Crippen LogP contribution >= 0.6 is 0 Å². The third-order valence-electron chi connectivity index (χ3n) is 2.68. The first kappa shape index (κ1) is 15.9. The normalized spacial score (nSPS) is 12.4. The number of nitrogens with one attached hydrogen (secondary N) is 2. The summed E-state index contributed by atoms with van der Waals surface area (Å²) in [7, 11) is -2.07. The van der Waals surface area contributed by atoms with Gasteiger partial charge in [-0.15, -0.1) is 0 Å². The quantitative estimate of drug-likeness (QED) is 0.788. The Labute approximate surface area is 114 Å². The summed E-state index contributed by atoms with van der Waals surface area (Å²) in [6.07, 6.45) is 2.89. The van der Waals surface area contributed by atoms with Gasteiger partial charge in [0.05, 0.1) is 11.3 Å². The van der Waals surface area contributed by atoms with Crippen molar-refractivity contribution in [3.05, 3.63) is 18.5 Å². The second-order valence-electron chi connectivity index (χ2n) is 4.69. The summed E-state index contributed by atoms with van der Waals surface area (Å²) in [4.78, 5) is 4.01. The second-order valence-corrected chi connectivity index (χ2v) is 6.43. The van der Waals surface area contributed by atoms with E-state index >= 15 is 0 Å². The summed E-state index contributed by atoms with van der Waals surface area (Å²) in [5.74, 6) is 0. The summed E-state index contributed by atoms with van der Waals surface area (Å²) in [5.41, 5.74) is -0.0200. The van der Waals surface area contributed by atoms with Gasteiger partial charge in [0.2, 0.25) is 10.0 Å². The first-order valence-electron chi connectivity index (χ1n) is 6.05. The maximum atomic E-state index is 12.2. The predicted molar refractivity (Wildman–Crippen MR) is 74.7 cm³/mol. The topological polar surface area (TPSA) is 80.3 Å². The van der Waals surface area contributed by atoms with Crippen LogP contribution in [0.1, 0.15) is 20.8 Å². The maximum absolute atomic E-state index is 12.2. The molecule has 1 aromatic rings. The van der Waals surface area contributed by atoms with Crippen molar-refractivity contribution >= 4 is 15.7 Å². The Balaban J connectivity index is 2.95. The third-order valence-corrected chi connectivity index (χ3v) is 4.11. The van der Waals surface area contributed by atoms with Crippen LogP contribution in [0, 0.1) is 0 Å². The van der Waals surface area contributed by atoms with Crippen molar-refractivity contribution in [3.63, 3.8) is 0 Å². The Morgan fingerprint density at radius 1 is 1.42 bits per heavy atom. The molecular formula is C12H21N3O3S. The second kappa shape index (κ2) is 6.31.